The van der Waals surface area contributed by atoms with Crippen molar-refractivity contribution in [1.82, 2.24) is 0 Å². The van der Waals surface area contributed by atoms with Gasteiger partial charge in [0.15, 0.2) is 0 Å². The zero-order chi connectivity index (χ0) is 9.19. The highest BCUT2D eigenvalue weighted by atomic mass is 14.4. The summed E-state index contributed by atoms with van der Waals surface area (Å²) in [5, 5.41) is 0. The minimum absolute atomic E-state index is 0.483. The molecule has 1 saturated carbocycles. The van der Waals surface area contributed by atoms with E-state index in [4.69, 9.17) is 0 Å². The summed E-state index contributed by atoms with van der Waals surface area (Å²) < 4.78 is 0. The molecule has 1 atom stereocenters. The second-order valence-corrected chi connectivity index (χ2v) is 5.15. The largest absolute Gasteiger partial charge is 0.0654 e. The Bertz CT molecular complexity index is 129. The van der Waals surface area contributed by atoms with Crippen LogP contribution in [0.1, 0.15) is 59.8 Å². The van der Waals surface area contributed by atoms with Crippen molar-refractivity contribution in [3.63, 3.8) is 0 Å². The fourth-order valence-corrected chi connectivity index (χ4v) is 2.25. The first-order valence-electron chi connectivity index (χ1n) is 5.42. The first kappa shape index (κ1) is 10.1. The topological polar surface area (TPSA) is 0 Å². The highest BCUT2D eigenvalue weighted by Crippen LogP contribution is 2.49. The van der Waals surface area contributed by atoms with Crippen LogP contribution >= 0.6 is 0 Å². The van der Waals surface area contributed by atoms with E-state index in [2.05, 4.69) is 27.7 Å². The van der Waals surface area contributed by atoms with Crippen LogP contribution in [0.3, 0.4) is 0 Å². The molecule has 1 radical (unpaired) electrons. The van der Waals surface area contributed by atoms with Gasteiger partial charge in [0.25, 0.3) is 0 Å². The summed E-state index contributed by atoms with van der Waals surface area (Å²) in [7, 11) is 0. The number of rotatable bonds is 3. The zero-order valence-electron chi connectivity index (χ0n) is 9.11. The van der Waals surface area contributed by atoms with Gasteiger partial charge in [0.2, 0.25) is 0 Å². The minimum atomic E-state index is 0.483. The van der Waals surface area contributed by atoms with Gasteiger partial charge in [-0.05, 0) is 36.5 Å². The molecule has 0 amide bonds. The predicted octanol–water partition coefficient (Wildman–Crippen LogP) is 4.21. The molecule has 0 bridgehead atoms. The first-order valence-corrected chi connectivity index (χ1v) is 5.42. The van der Waals surface area contributed by atoms with E-state index in [1.165, 1.54) is 32.1 Å². The van der Waals surface area contributed by atoms with E-state index in [0.29, 0.717) is 5.41 Å². The Labute approximate surface area is 77.7 Å². The Balaban J connectivity index is 2.29. The van der Waals surface area contributed by atoms with Crippen molar-refractivity contribution in [3.05, 3.63) is 5.92 Å². The summed E-state index contributed by atoms with van der Waals surface area (Å²) in [6.45, 7) is 9.37. The third-order valence-electron chi connectivity index (χ3n) is 3.12. The normalized spacial score (nSPS) is 25.5. The second kappa shape index (κ2) is 3.81. The molecule has 71 valence electrons. The smallest absolute Gasteiger partial charge is 0.0156 e. The lowest BCUT2D eigenvalue weighted by Gasteiger charge is -2.45. The molecule has 0 N–H and O–H groups in total. The van der Waals surface area contributed by atoms with E-state index in [0.717, 1.165) is 5.92 Å². The molecular formula is C12H23. The average molecular weight is 167 g/mol. The fraction of sp³-hybridized carbons (Fsp3) is 0.917. The molecular weight excluding hydrogens is 144 g/mol. The van der Waals surface area contributed by atoms with Crippen LogP contribution in [0.5, 0.6) is 0 Å². The average Bonchev–Trinajstić information content (AvgIpc) is 1.82. The summed E-state index contributed by atoms with van der Waals surface area (Å²) in [5.74, 6) is 2.81. The predicted molar refractivity (Wildman–Crippen MR) is 54.9 cm³/mol. The zero-order valence-corrected chi connectivity index (χ0v) is 9.11. The quantitative estimate of drug-likeness (QED) is 0.590. The van der Waals surface area contributed by atoms with E-state index in [1.807, 2.05) is 5.92 Å². The van der Waals surface area contributed by atoms with E-state index in [9.17, 15) is 0 Å². The van der Waals surface area contributed by atoms with Crippen LogP contribution < -0.4 is 0 Å². The molecule has 12 heavy (non-hydrogen) atoms. The molecule has 0 aromatic rings. The lowest BCUT2D eigenvalue weighted by Crippen LogP contribution is -2.34. The van der Waals surface area contributed by atoms with Gasteiger partial charge in [-0.25, -0.2) is 0 Å². The van der Waals surface area contributed by atoms with Crippen molar-refractivity contribution in [1.29, 1.82) is 0 Å². The molecule has 1 fully saturated rings. The Morgan fingerprint density at radius 2 is 2.00 bits per heavy atom. The van der Waals surface area contributed by atoms with E-state index in [1.54, 1.807) is 0 Å². The van der Waals surface area contributed by atoms with Gasteiger partial charge in [-0.2, -0.15) is 0 Å². The highest BCUT2D eigenvalue weighted by Gasteiger charge is 2.38. The van der Waals surface area contributed by atoms with Crippen LogP contribution in [0.4, 0.5) is 0 Å². The van der Waals surface area contributed by atoms with Gasteiger partial charge in [0.05, 0.1) is 0 Å². The van der Waals surface area contributed by atoms with Gasteiger partial charge in [0.1, 0.15) is 0 Å². The van der Waals surface area contributed by atoms with Crippen molar-refractivity contribution in [2.45, 2.75) is 59.8 Å². The van der Waals surface area contributed by atoms with Gasteiger partial charge in [-0.15, -0.1) is 0 Å². The molecule has 0 saturated heterocycles. The van der Waals surface area contributed by atoms with E-state index >= 15 is 0 Å². The van der Waals surface area contributed by atoms with Crippen LogP contribution in [0.15, 0.2) is 0 Å². The standard InChI is InChI=1S/C12H23/c1-5-6-7-10-8-9-11(10)12(2,3)4/h10H,5-9H2,1-4H3. The summed E-state index contributed by atoms with van der Waals surface area (Å²) in [5.41, 5.74) is 0.483. The minimum Gasteiger partial charge on any atom is -0.0654 e. The molecule has 0 aromatic heterocycles. The number of unbranched alkanes of at least 4 members (excludes halogenated alkanes) is 1. The van der Waals surface area contributed by atoms with Crippen molar-refractivity contribution in [2.75, 3.05) is 0 Å². The lowest BCUT2D eigenvalue weighted by atomic mass is 9.60. The monoisotopic (exact) mass is 167 g/mol. The van der Waals surface area contributed by atoms with Gasteiger partial charge >= 0.3 is 0 Å². The molecule has 0 aromatic carbocycles. The maximum atomic E-state index is 2.36. The highest BCUT2D eigenvalue weighted by molar-refractivity contribution is 5.12. The summed E-state index contributed by atoms with van der Waals surface area (Å²) >= 11 is 0. The molecule has 1 aliphatic carbocycles. The van der Waals surface area contributed by atoms with Gasteiger partial charge < -0.3 is 0 Å². The van der Waals surface area contributed by atoms with E-state index in [-0.39, 0.29) is 0 Å². The Hall–Kier alpha value is 0. The van der Waals surface area contributed by atoms with Crippen LogP contribution in [0.2, 0.25) is 0 Å². The molecule has 0 heterocycles. The third-order valence-corrected chi connectivity index (χ3v) is 3.12. The van der Waals surface area contributed by atoms with Gasteiger partial charge in [-0.3, -0.25) is 0 Å². The molecule has 0 aliphatic heterocycles. The van der Waals surface area contributed by atoms with Crippen molar-refractivity contribution >= 4 is 0 Å². The number of hydrogen-bond donors (Lipinski definition) is 0. The number of hydrogen-bond acceptors (Lipinski definition) is 0. The molecule has 1 rings (SSSR count). The fourth-order valence-electron chi connectivity index (χ4n) is 2.25. The SMILES string of the molecule is CCCCC1CC[C]1C(C)(C)C. The van der Waals surface area contributed by atoms with Crippen molar-refractivity contribution < 1.29 is 0 Å². The third kappa shape index (κ3) is 2.24. The van der Waals surface area contributed by atoms with Crippen molar-refractivity contribution in [3.8, 4) is 0 Å². The van der Waals surface area contributed by atoms with E-state index < -0.39 is 0 Å². The summed E-state index contributed by atoms with van der Waals surface area (Å²) in [6, 6.07) is 0. The van der Waals surface area contributed by atoms with Crippen molar-refractivity contribution in [2.24, 2.45) is 11.3 Å². The summed E-state index contributed by atoms with van der Waals surface area (Å²) in [6.07, 6.45) is 7.09. The molecule has 0 spiro atoms. The van der Waals surface area contributed by atoms with Crippen LogP contribution in [0, 0.1) is 17.3 Å². The molecule has 0 heteroatoms. The van der Waals surface area contributed by atoms with Crippen LogP contribution in [-0.2, 0) is 0 Å². The van der Waals surface area contributed by atoms with Crippen LogP contribution in [0.25, 0.3) is 0 Å². The lowest BCUT2D eigenvalue weighted by molar-refractivity contribution is 0.215. The molecule has 0 nitrogen and oxygen atoms in total. The maximum Gasteiger partial charge on any atom is -0.0156 e. The van der Waals surface area contributed by atoms with Gasteiger partial charge in [-0.1, -0.05) is 40.5 Å². The second-order valence-electron chi connectivity index (χ2n) is 5.15. The van der Waals surface area contributed by atoms with Crippen LogP contribution in [-0.4, -0.2) is 0 Å². The van der Waals surface area contributed by atoms with Gasteiger partial charge in [0, 0.05) is 0 Å². The molecule has 1 unspecified atom stereocenters. The first-order chi connectivity index (χ1) is 5.55. The Morgan fingerprint density at radius 3 is 2.33 bits per heavy atom. The maximum absolute atomic E-state index is 2.36. The Kier molecular flexibility index (Phi) is 3.20. The Morgan fingerprint density at radius 1 is 1.33 bits per heavy atom. The summed E-state index contributed by atoms with van der Waals surface area (Å²) in [4.78, 5) is 0. The molecule has 1 aliphatic rings.